The van der Waals surface area contributed by atoms with Crippen LogP contribution in [0.5, 0.6) is 0 Å². The monoisotopic (exact) mass is 260 g/mol. The quantitative estimate of drug-likeness (QED) is 0.813. The lowest BCUT2D eigenvalue weighted by Crippen LogP contribution is -2.32. The lowest BCUT2D eigenvalue weighted by Gasteiger charge is -2.18. The summed E-state index contributed by atoms with van der Waals surface area (Å²) in [6.45, 7) is 5.18. The van der Waals surface area contributed by atoms with Crippen molar-refractivity contribution >= 4 is 15.9 Å². The van der Waals surface area contributed by atoms with E-state index >= 15 is 0 Å². The van der Waals surface area contributed by atoms with Gasteiger partial charge in [0.25, 0.3) is 0 Å². The Balaban J connectivity index is 2.33. The van der Waals surface area contributed by atoms with Gasteiger partial charge in [0.15, 0.2) is 0 Å². The lowest BCUT2D eigenvalue weighted by molar-refractivity contribution is 0.431. The van der Waals surface area contributed by atoms with E-state index in [4.69, 9.17) is 0 Å². The Morgan fingerprint density at radius 2 is 2.29 bits per heavy atom. The molecule has 2 atom stereocenters. The Bertz CT molecular complexity index is 274. The molecule has 0 aliphatic heterocycles. The first-order valence-corrected chi connectivity index (χ1v) is 5.90. The van der Waals surface area contributed by atoms with Gasteiger partial charge >= 0.3 is 0 Å². The van der Waals surface area contributed by atoms with Crippen LogP contribution >= 0.6 is 15.9 Å². The highest BCUT2D eigenvalue weighted by molar-refractivity contribution is 9.09. The van der Waals surface area contributed by atoms with Crippen LogP contribution in [-0.4, -0.2) is 26.4 Å². The SMILES string of the molecule is CC(CBr)C(C)NCc1cn(C)nn1. The largest absolute Gasteiger partial charge is 0.308 e. The maximum atomic E-state index is 4.01. The van der Waals surface area contributed by atoms with E-state index in [-0.39, 0.29) is 0 Å². The second-order valence-electron chi connectivity index (χ2n) is 3.68. The molecule has 0 spiro atoms. The summed E-state index contributed by atoms with van der Waals surface area (Å²) in [6.07, 6.45) is 1.93. The zero-order chi connectivity index (χ0) is 10.6. The molecule has 1 aromatic rings. The summed E-state index contributed by atoms with van der Waals surface area (Å²) in [4.78, 5) is 0. The maximum Gasteiger partial charge on any atom is 0.0964 e. The second-order valence-corrected chi connectivity index (χ2v) is 4.33. The molecule has 0 fully saturated rings. The molecule has 0 aliphatic rings. The van der Waals surface area contributed by atoms with Crippen LogP contribution in [0.3, 0.4) is 0 Å². The Morgan fingerprint density at radius 3 is 2.79 bits per heavy atom. The summed E-state index contributed by atoms with van der Waals surface area (Å²) >= 11 is 3.47. The number of halogens is 1. The van der Waals surface area contributed by atoms with Crippen molar-refractivity contribution in [2.75, 3.05) is 5.33 Å². The van der Waals surface area contributed by atoms with Crippen LogP contribution in [0.2, 0.25) is 0 Å². The second kappa shape index (κ2) is 5.46. The van der Waals surface area contributed by atoms with Gasteiger partial charge in [-0.25, -0.2) is 0 Å². The molecule has 0 amide bonds. The minimum Gasteiger partial charge on any atom is -0.308 e. The molecular weight excluding hydrogens is 244 g/mol. The van der Waals surface area contributed by atoms with Gasteiger partial charge in [-0.3, -0.25) is 4.68 Å². The molecule has 0 bridgehead atoms. The summed E-state index contributed by atoms with van der Waals surface area (Å²) in [5.41, 5.74) is 0.987. The van der Waals surface area contributed by atoms with E-state index in [9.17, 15) is 0 Å². The number of nitrogens with one attached hydrogen (secondary N) is 1. The van der Waals surface area contributed by atoms with Gasteiger partial charge in [-0.1, -0.05) is 28.1 Å². The summed E-state index contributed by atoms with van der Waals surface area (Å²) < 4.78 is 1.72. The number of alkyl halides is 1. The molecule has 80 valence electrons. The molecule has 0 aromatic carbocycles. The average Bonchev–Trinajstić information content (AvgIpc) is 2.59. The third kappa shape index (κ3) is 3.38. The minimum absolute atomic E-state index is 0.483. The Hall–Kier alpha value is -0.420. The zero-order valence-corrected chi connectivity index (χ0v) is 10.5. The average molecular weight is 261 g/mol. The molecule has 1 rings (SSSR count). The first kappa shape index (κ1) is 11.7. The molecule has 1 heterocycles. The highest BCUT2D eigenvalue weighted by atomic mass is 79.9. The number of aryl methyl sites for hydroxylation is 1. The number of hydrogen-bond acceptors (Lipinski definition) is 3. The van der Waals surface area contributed by atoms with E-state index in [1.165, 1.54) is 0 Å². The molecule has 2 unspecified atom stereocenters. The third-order valence-electron chi connectivity index (χ3n) is 2.35. The topological polar surface area (TPSA) is 42.7 Å². The van der Waals surface area contributed by atoms with Crippen molar-refractivity contribution in [2.24, 2.45) is 13.0 Å². The van der Waals surface area contributed by atoms with E-state index in [0.717, 1.165) is 17.6 Å². The highest BCUT2D eigenvalue weighted by Gasteiger charge is 2.10. The molecule has 0 saturated carbocycles. The molecule has 14 heavy (non-hydrogen) atoms. The van der Waals surface area contributed by atoms with Crippen LogP contribution in [0, 0.1) is 5.92 Å². The van der Waals surface area contributed by atoms with Crippen LogP contribution in [0.4, 0.5) is 0 Å². The summed E-state index contributed by atoms with van der Waals surface area (Å²) in [7, 11) is 1.88. The molecule has 4 nitrogen and oxygen atoms in total. The van der Waals surface area contributed by atoms with Gasteiger partial charge in [-0.15, -0.1) is 5.10 Å². The van der Waals surface area contributed by atoms with Crippen molar-refractivity contribution in [2.45, 2.75) is 26.4 Å². The standard InChI is InChI=1S/C9H17BrN4/c1-7(4-10)8(2)11-5-9-6-14(3)13-12-9/h6-8,11H,4-5H2,1-3H3. The molecule has 0 radical (unpaired) electrons. The molecular formula is C9H17BrN4. The first-order chi connectivity index (χ1) is 6.63. The normalized spacial score (nSPS) is 15.4. The van der Waals surface area contributed by atoms with Crippen LogP contribution in [-0.2, 0) is 13.6 Å². The van der Waals surface area contributed by atoms with Gasteiger partial charge in [0.05, 0.1) is 5.69 Å². The number of hydrogen-bond donors (Lipinski definition) is 1. The number of aromatic nitrogens is 3. The van der Waals surface area contributed by atoms with Crippen LogP contribution < -0.4 is 5.32 Å². The minimum atomic E-state index is 0.483. The van der Waals surface area contributed by atoms with Gasteiger partial charge in [-0.2, -0.15) is 0 Å². The molecule has 1 N–H and O–H groups in total. The summed E-state index contributed by atoms with van der Waals surface area (Å²) in [6, 6.07) is 0.483. The van der Waals surface area contributed by atoms with Crippen molar-refractivity contribution in [3.8, 4) is 0 Å². The van der Waals surface area contributed by atoms with Gasteiger partial charge in [0.1, 0.15) is 0 Å². The van der Waals surface area contributed by atoms with Gasteiger partial charge in [-0.05, 0) is 12.8 Å². The van der Waals surface area contributed by atoms with Crippen molar-refractivity contribution in [1.29, 1.82) is 0 Å². The smallest absolute Gasteiger partial charge is 0.0964 e. The van der Waals surface area contributed by atoms with Crippen LogP contribution in [0.15, 0.2) is 6.20 Å². The van der Waals surface area contributed by atoms with Crippen molar-refractivity contribution in [3.63, 3.8) is 0 Å². The van der Waals surface area contributed by atoms with Gasteiger partial charge in [0.2, 0.25) is 0 Å². The van der Waals surface area contributed by atoms with Crippen LogP contribution in [0.25, 0.3) is 0 Å². The van der Waals surface area contributed by atoms with E-state index in [1.54, 1.807) is 4.68 Å². The Morgan fingerprint density at radius 1 is 1.57 bits per heavy atom. The predicted molar refractivity (Wildman–Crippen MR) is 60.3 cm³/mol. The van der Waals surface area contributed by atoms with E-state index in [1.807, 2.05) is 13.2 Å². The summed E-state index contributed by atoms with van der Waals surface area (Å²) in [5, 5.41) is 12.3. The number of nitrogens with zero attached hydrogens (tertiary/aromatic N) is 3. The van der Waals surface area contributed by atoms with E-state index in [2.05, 4.69) is 45.4 Å². The number of rotatable bonds is 5. The molecule has 1 aromatic heterocycles. The fraction of sp³-hybridized carbons (Fsp3) is 0.778. The molecule has 0 saturated heterocycles. The van der Waals surface area contributed by atoms with E-state index < -0.39 is 0 Å². The van der Waals surface area contributed by atoms with E-state index in [0.29, 0.717) is 12.0 Å². The van der Waals surface area contributed by atoms with Crippen LogP contribution in [0.1, 0.15) is 19.5 Å². The first-order valence-electron chi connectivity index (χ1n) is 4.78. The van der Waals surface area contributed by atoms with Gasteiger partial charge in [0, 0.05) is 31.2 Å². The summed E-state index contributed by atoms with van der Waals surface area (Å²) in [5.74, 6) is 0.617. The Labute approximate surface area is 93.2 Å². The van der Waals surface area contributed by atoms with Crippen molar-refractivity contribution < 1.29 is 0 Å². The van der Waals surface area contributed by atoms with Crippen molar-refractivity contribution in [3.05, 3.63) is 11.9 Å². The molecule has 0 aliphatic carbocycles. The third-order valence-corrected chi connectivity index (χ3v) is 3.37. The fourth-order valence-corrected chi connectivity index (χ4v) is 1.64. The maximum absolute atomic E-state index is 4.01. The predicted octanol–water partition coefficient (Wildman–Crippen LogP) is 1.32. The zero-order valence-electron chi connectivity index (χ0n) is 8.87. The fourth-order valence-electron chi connectivity index (χ4n) is 1.08. The Kier molecular flexibility index (Phi) is 4.54. The molecule has 5 heteroatoms. The van der Waals surface area contributed by atoms with Crippen molar-refractivity contribution in [1.82, 2.24) is 20.3 Å². The highest BCUT2D eigenvalue weighted by Crippen LogP contribution is 2.06. The van der Waals surface area contributed by atoms with Gasteiger partial charge < -0.3 is 5.32 Å². The lowest BCUT2D eigenvalue weighted by atomic mass is 10.1.